The Hall–Kier alpha value is -1.88. The van der Waals surface area contributed by atoms with E-state index in [4.69, 9.17) is 4.74 Å². The number of nitrogens with one attached hydrogen (secondary N) is 1. The number of H-pyrrole nitrogens is 1. The van der Waals surface area contributed by atoms with Gasteiger partial charge in [-0.25, -0.2) is 4.39 Å². The molecule has 0 fully saturated rings. The second-order valence-corrected chi connectivity index (χ2v) is 5.37. The lowest BCUT2D eigenvalue weighted by molar-refractivity contribution is 0.412. The molecule has 3 aromatic rings. The van der Waals surface area contributed by atoms with E-state index in [2.05, 4.69) is 20.9 Å². The highest BCUT2D eigenvalue weighted by Crippen LogP contribution is 2.37. The molecule has 1 aromatic heterocycles. The minimum atomic E-state index is -0.530. The zero-order valence-corrected chi connectivity index (χ0v) is 12.5. The van der Waals surface area contributed by atoms with Crippen molar-refractivity contribution in [2.45, 2.75) is 6.92 Å². The fraction of sp³-hybridized carbons (Fsp3) is 0.133. The maximum Gasteiger partial charge on any atom is 0.259 e. The highest BCUT2D eigenvalue weighted by Gasteiger charge is 2.15. The van der Waals surface area contributed by atoms with Gasteiger partial charge in [0.2, 0.25) is 0 Å². The van der Waals surface area contributed by atoms with Gasteiger partial charge in [-0.3, -0.25) is 4.79 Å². The van der Waals surface area contributed by atoms with Crippen LogP contribution in [-0.4, -0.2) is 12.1 Å². The number of rotatable bonds is 1. The number of aromatic nitrogens is 1. The Balaban J connectivity index is 2.69. The van der Waals surface area contributed by atoms with Crippen LogP contribution in [-0.2, 0) is 0 Å². The van der Waals surface area contributed by atoms with Crippen molar-refractivity contribution in [3.63, 3.8) is 0 Å². The number of methoxy groups -OCH3 is 1. The van der Waals surface area contributed by atoms with Crippen LogP contribution in [0.4, 0.5) is 4.39 Å². The number of hydrogen-bond donors (Lipinski definition) is 1. The summed E-state index contributed by atoms with van der Waals surface area (Å²) in [4.78, 5) is 14.8. The van der Waals surface area contributed by atoms with Gasteiger partial charge in [-0.2, -0.15) is 0 Å². The molecular formula is C15H11BrFNO2. The number of aromatic amines is 1. The third kappa shape index (κ3) is 1.73. The predicted molar refractivity (Wildman–Crippen MR) is 81.0 cm³/mol. The number of fused-ring (bicyclic) bond motifs is 3. The van der Waals surface area contributed by atoms with E-state index in [9.17, 15) is 9.18 Å². The van der Waals surface area contributed by atoms with Crippen LogP contribution in [0.1, 0.15) is 5.56 Å². The SMILES string of the molecule is COc1cc(C)c2[nH]c(=O)c3c(F)cccc3c2c1Br. The minimum Gasteiger partial charge on any atom is -0.496 e. The molecule has 5 heteroatoms. The second kappa shape index (κ2) is 4.59. The Kier molecular flexibility index (Phi) is 3.01. The van der Waals surface area contributed by atoms with E-state index in [1.165, 1.54) is 6.07 Å². The van der Waals surface area contributed by atoms with Crippen molar-refractivity contribution in [2.75, 3.05) is 7.11 Å². The predicted octanol–water partition coefficient (Wildman–Crippen LogP) is 3.90. The zero-order chi connectivity index (χ0) is 14.4. The first-order valence-corrected chi connectivity index (χ1v) is 6.81. The van der Waals surface area contributed by atoms with Crippen LogP contribution >= 0.6 is 15.9 Å². The van der Waals surface area contributed by atoms with E-state index in [1.54, 1.807) is 19.2 Å². The molecule has 20 heavy (non-hydrogen) atoms. The van der Waals surface area contributed by atoms with Crippen LogP contribution in [0, 0.1) is 12.7 Å². The molecule has 3 rings (SSSR count). The molecule has 102 valence electrons. The highest BCUT2D eigenvalue weighted by atomic mass is 79.9. The van der Waals surface area contributed by atoms with Gasteiger partial charge in [0.15, 0.2) is 0 Å². The molecule has 0 aliphatic carbocycles. The average Bonchev–Trinajstić information content (AvgIpc) is 2.42. The van der Waals surface area contributed by atoms with Crippen LogP contribution in [0.25, 0.3) is 21.7 Å². The summed E-state index contributed by atoms with van der Waals surface area (Å²) in [5.74, 6) is 0.116. The summed E-state index contributed by atoms with van der Waals surface area (Å²) in [6.07, 6.45) is 0. The molecule has 0 amide bonds. The monoisotopic (exact) mass is 335 g/mol. The molecule has 0 spiro atoms. The Bertz CT molecular complexity index is 902. The summed E-state index contributed by atoms with van der Waals surface area (Å²) < 4.78 is 19.9. The normalized spacial score (nSPS) is 11.2. The summed E-state index contributed by atoms with van der Waals surface area (Å²) in [7, 11) is 1.57. The number of ether oxygens (including phenoxy) is 1. The van der Waals surface area contributed by atoms with Gasteiger partial charge in [-0.05, 0) is 40.5 Å². The van der Waals surface area contributed by atoms with Gasteiger partial charge in [-0.1, -0.05) is 12.1 Å². The molecule has 0 aliphatic rings. The van der Waals surface area contributed by atoms with E-state index >= 15 is 0 Å². The quantitative estimate of drug-likeness (QED) is 0.685. The summed E-state index contributed by atoms with van der Waals surface area (Å²) in [5, 5.41) is 1.38. The number of hydrogen-bond acceptors (Lipinski definition) is 2. The van der Waals surface area contributed by atoms with E-state index in [1.807, 2.05) is 13.0 Å². The highest BCUT2D eigenvalue weighted by molar-refractivity contribution is 9.10. The van der Waals surface area contributed by atoms with Crippen molar-refractivity contribution in [1.82, 2.24) is 4.98 Å². The van der Waals surface area contributed by atoms with E-state index < -0.39 is 11.4 Å². The zero-order valence-electron chi connectivity index (χ0n) is 10.9. The number of aryl methyl sites for hydroxylation is 1. The van der Waals surface area contributed by atoms with Crippen LogP contribution in [0.2, 0.25) is 0 Å². The molecule has 0 saturated heterocycles. The lowest BCUT2D eigenvalue weighted by atomic mass is 10.0. The van der Waals surface area contributed by atoms with Crippen molar-refractivity contribution in [3.05, 3.63) is 50.5 Å². The number of pyridine rings is 1. The van der Waals surface area contributed by atoms with Crippen LogP contribution < -0.4 is 10.3 Å². The Labute approximate surface area is 122 Å². The molecule has 0 radical (unpaired) electrons. The molecule has 0 aliphatic heterocycles. The fourth-order valence-electron chi connectivity index (χ4n) is 2.46. The van der Waals surface area contributed by atoms with Gasteiger partial charge in [0.05, 0.1) is 22.5 Å². The largest absolute Gasteiger partial charge is 0.496 e. The average molecular weight is 336 g/mol. The van der Waals surface area contributed by atoms with Crippen LogP contribution in [0.3, 0.4) is 0 Å². The van der Waals surface area contributed by atoms with Gasteiger partial charge < -0.3 is 9.72 Å². The molecule has 0 saturated carbocycles. The van der Waals surface area contributed by atoms with Crippen molar-refractivity contribution in [1.29, 1.82) is 0 Å². The second-order valence-electron chi connectivity index (χ2n) is 4.58. The van der Waals surface area contributed by atoms with Gasteiger partial charge in [0, 0.05) is 10.8 Å². The summed E-state index contributed by atoms with van der Waals surface area (Å²) in [6, 6.07) is 6.44. The van der Waals surface area contributed by atoms with Crippen molar-refractivity contribution in [3.8, 4) is 5.75 Å². The summed E-state index contributed by atoms with van der Waals surface area (Å²) in [5.41, 5.74) is 1.12. The first kappa shape index (κ1) is 13.1. The summed E-state index contributed by atoms with van der Waals surface area (Å²) >= 11 is 3.48. The Morgan fingerprint density at radius 2 is 2.05 bits per heavy atom. The van der Waals surface area contributed by atoms with Gasteiger partial charge in [0.1, 0.15) is 11.6 Å². The van der Waals surface area contributed by atoms with Gasteiger partial charge in [0.25, 0.3) is 5.56 Å². The maximum atomic E-state index is 13.9. The lowest BCUT2D eigenvalue weighted by Crippen LogP contribution is -2.09. The lowest BCUT2D eigenvalue weighted by Gasteiger charge is -2.12. The molecule has 0 atom stereocenters. The number of benzene rings is 2. The van der Waals surface area contributed by atoms with Crippen molar-refractivity contribution in [2.24, 2.45) is 0 Å². The van der Waals surface area contributed by atoms with E-state index in [0.29, 0.717) is 21.1 Å². The Morgan fingerprint density at radius 1 is 1.30 bits per heavy atom. The molecule has 1 N–H and O–H groups in total. The molecule has 1 heterocycles. The van der Waals surface area contributed by atoms with Gasteiger partial charge in [-0.15, -0.1) is 0 Å². The fourth-order valence-corrected chi connectivity index (χ4v) is 3.15. The smallest absolute Gasteiger partial charge is 0.259 e. The summed E-state index contributed by atoms with van der Waals surface area (Å²) in [6.45, 7) is 1.87. The van der Waals surface area contributed by atoms with Crippen molar-refractivity contribution >= 4 is 37.6 Å². The standard InChI is InChI=1S/C15H11BrFNO2/c1-7-6-10(20-2)13(16)12-8-4-3-5-9(17)11(8)15(19)18-14(7)12/h3-6H,1-2H3,(H,18,19). The minimum absolute atomic E-state index is 0.0633. The molecular weight excluding hydrogens is 325 g/mol. The first-order chi connectivity index (χ1) is 9.54. The molecule has 0 bridgehead atoms. The molecule has 2 aromatic carbocycles. The topological polar surface area (TPSA) is 42.1 Å². The van der Waals surface area contributed by atoms with E-state index in [-0.39, 0.29) is 5.39 Å². The van der Waals surface area contributed by atoms with Gasteiger partial charge >= 0.3 is 0 Å². The van der Waals surface area contributed by atoms with Crippen molar-refractivity contribution < 1.29 is 9.13 Å². The van der Waals surface area contributed by atoms with Crippen LogP contribution in [0.15, 0.2) is 33.5 Å². The maximum absolute atomic E-state index is 13.9. The molecule has 0 unspecified atom stereocenters. The van der Waals surface area contributed by atoms with E-state index in [0.717, 1.165) is 10.9 Å². The third-order valence-corrected chi connectivity index (χ3v) is 4.18. The third-order valence-electron chi connectivity index (χ3n) is 3.40. The van der Waals surface area contributed by atoms with Crippen LogP contribution in [0.5, 0.6) is 5.75 Å². The first-order valence-electron chi connectivity index (χ1n) is 6.02. The Morgan fingerprint density at radius 3 is 2.75 bits per heavy atom. The number of halogens is 2. The molecule has 3 nitrogen and oxygen atoms in total.